The summed E-state index contributed by atoms with van der Waals surface area (Å²) in [6, 6.07) is -0.747. The molecule has 1 saturated carbocycles. The van der Waals surface area contributed by atoms with E-state index in [2.05, 4.69) is 4.72 Å². The molecule has 0 radical (unpaired) electrons. The molecule has 20 heavy (non-hydrogen) atoms. The molecule has 1 saturated heterocycles. The standard InChI is InChI=1S/C12H22N2O5S/c1-2-19-11(16)10-5-3-8-14(10)20(17,18)13-12(9-15)6-4-7-12/h10,13,15H,2-9H2,1H3. The zero-order chi connectivity index (χ0) is 14.8. The number of hydrogen-bond donors (Lipinski definition) is 2. The third-order valence-electron chi connectivity index (χ3n) is 4.03. The van der Waals surface area contributed by atoms with Gasteiger partial charge in [0.25, 0.3) is 10.2 Å². The van der Waals surface area contributed by atoms with Crippen LogP contribution in [0.15, 0.2) is 0 Å². The van der Waals surface area contributed by atoms with Crippen molar-refractivity contribution < 1.29 is 23.1 Å². The maximum atomic E-state index is 12.4. The fraction of sp³-hybridized carbons (Fsp3) is 0.917. The first kappa shape index (κ1) is 15.7. The van der Waals surface area contributed by atoms with Crippen molar-refractivity contribution in [2.24, 2.45) is 0 Å². The average molecular weight is 306 g/mol. The van der Waals surface area contributed by atoms with Gasteiger partial charge in [0.2, 0.25) is 0 Å². The third kappa shape index (κ3) is 2.98. The third-order valence-corrected chi connectivity index (χ3v) is 5.78. The van der Waals surface area contributed by atoms with Crippen LogP contribution in [-0.4, -0.2) is 55.1 Å². The number of hydrogen-bond acceptors (Lipinski definition) is 5. The molecule has 1 aliphatic heterocycles. The van der Waals surface area contributed by atoms with Crippen molar-refractivity contribution in [1.82, 2.24) is 9.03 Å². The largest absolute Gasteiger partial charge is 0.465 e. The minimum Gasteiger partial charge on any atom is -0.465 e. The SMILES string of the molecule is CCOC(=O)C1CCCN1S(=O)(=O)NC1(CO)CCC1. The minimum absolute atomic E-state index is 0.218. The van der Waals surface area contributed by atoms with Crippen LogP contribution in [0.1, 0.15) is 39.0 Å². The summed E-state index contributed by atoms with van der Waals surface area (Å²) in [5, 5.41) is 9.36. The predicted octanol–water partition coefficient (Wildman–Crippen LogP) is -0.237. The topological polar surface area (TPSA) is 95.9 Å². The molecule has 0 amide bonds. The first-order chi connectivity index (χ1) is 9.44. The molecule has 0 aromatic carbocycles. The number of esters is 1. The predicted molar refractivity (Wildman–Crippen MR) is 72.1 cm³/mol. The van der Waals surface area contributed by atoms with E-state index in [0.717, 1.165) is 6.42 Å². The van der Waals surface area contributed by atoms with Crippen molar-refractivity contribution in [3.8, 4) is 0 Å². The van der Waals surface area contributed by atoms with Crippen LogP contribution in [0, 0.1) is 0 Å². The molecule has 1 aliphatic carbocycles. The molecular weight excluding hydrogens is 284 g/mol. The van der Waals surface area contributed by atoms with Crippen molar-refractivity contribution >= 4 is 16.2 Å². The van der Waals surface area contributed by atoms with Gasteiger partial charge in [0.05, 0.1) is 18.8 Å². The molecule has 116 valence electrons. The summed E-state index contributed by atoms with van der Waals surface area (Å²) in [5.41, 5.74) is -0.749. The maximum Gasteiger partial charge on any atom is 0.324 e. The van der Waals surface area contributed by atoms with E-state index in [1.54, 1.807) is 6.92 Å². The molecule has 8 heteroatoms. The lowest BCUT2D eigenvalue weighted by Crippen LogP contribution is -2.60. The molecule has 1 unspecified atom stereocenters. The van der Waals surface area contributed by atoms with Crippen molar-refractivity contribution in [3.63, 3.8) is 0 Å². The molecule has 1 heterocycles. The Morgan fingerprint density at radius 1 is 1.45 bits per heavy atom. The van der Waals surface area contributed by atoms with Crippen LogP contribution in [0.3, 0.4) is 0 Å². The number of ether oxygens (including phenoxy) is 1. The summed E-state index contributed by atoms with van der Waals surface area (Å²) < 4.78 is 33.5. The van der Waals surface area contributed by atoms with Gasteiger partial charge in [0.1, 0.15) is 6.04 Å². The van der Waals surface area contributed by atoms with E-state index >= 15 is 0 Å². The van der Waals surface area contributed by atoms with Crippen LogP contribution >= 0.6 is 0 Å². The summed E-state index contributed by atoms with van der Waals surface area (Å²) in [5.74, 6) is -0.498. The lowest BCUT2D eigenvalue weighted by atomic mass is 9.78. The molecular formula is C12H22N2O5S. The summed E-state index contributed by atoms with van der Waals surface area (Å²) in [6.45, 7) is 2.01. The molecule has 2 N–H and O–H groups in total. The number of rotatable bonds is 6. The Balaban J connectivity index is 2.09. The Morgan fingerprint density at radius 2 is 2.15 bits per heavy atom. The number of aliphatic hydroxyl groups is 1. The van der Waals surface area contributed by atoms with E-state index in [1.807, 2.05) is 0 Å². The lowest BCUT2D eigenvalue weighted by Gasteiger charge is -2.41. The minimum atomic E-state index is -3.78. The van der Waals surface area contributed by atoms with Crippen LogP contribution in [0.25, 0.3) is 0 Å². The van der Waals surface area contributed by atoms with Crippen LogP contribution < -0.4 is 4.72 Å². The van der Waals surface area contributed by atoms with Crippen molar-refractivity contribution in [2.45, 2.75) is 50.6 Å². The van der Waals surface area contributed by atoms with Crippen molar-refractivity contribution in [2.75, 3.05) is 19.8 Å². The highest BCUT2D eigenvalue weighted by Crippen LogP contribution is 2.33. The van der Waals surface area contributed by atoms with Crippen LogP contribution in [0.4, 0.5) is 0 Å². The second-order valence-corrected chi connectivity index (χ2v) is 7.04. The van der Waals surface area contributed by atoms with E-state index in [4.69, 9.17) is 4.74 Å². The van der Waals surface area contributed by atoms with E-state index < -0.39 is 27.8 Å². The fourth-order valence-corrected chi connectivity index (χ4v) is 4.56. The van der Waals surface area contributed by atoms with E-state index in [0.29, 0.717) is 32.2 Å². The second-order valence-electron chi connectivity index (χ2n) is 5.42. The average Bonchev–Trinajstić information content (AvgIpc) is 2.84. The summed E-state index contributed by atoms with van der Waals surface area (Å²) in [4.78, 5) is 11.8. The van der Waals surface area contributed by atoms with E-state index in [-0.39, 0.29) is 13.2 Å². The molecule has 0 aromatic heterocycles. The Labute approximate surface area is 119 Å². The first-order valence-corrected chi connectivity index (χ1v) is 8.46. The summed E-state index contributed by atoms with van der Waals surface area (Å²) >= 11 is 0. The van der Waals surface area contributed by atoms with Crippen LogP contribution in [0.2, 0.25) is 0 Å². The van der Waals surface area contributed by atoms with Crippen molar-refractivity contribution in [1.29, 1.82) is 0 Å². The second kappa shape index (κ2) is 5.97. The Morgan fingerprint density at radius 3 is 2.65 bits per heavy atom. The van der Waals surface area contributed by atoms with Crippen LogP contribution in [-0.2, 0) is 19.7 Å². The number of aliphatic hydroxyl groups excluding tert-OH is 1. The molecule has 0 aromatic rings. The number of nitrogens with zero attached hydrogens (tertiary/aromatic N) is 1. The van der Waals surface area contributed by atoms with Gasteiger partial charge in [-0.1, -0.05) is 0 Å². The molecule has 7 nitrogen and oxygen atoms in total. The van der Waals surface area contributed by atoms with Gasteiger partial charge in [-0.2, -0.15) is 17.4 Å². The summed E-state index contributed by atoms with van der Waals surface area (Å²) in [6.07, 6.45) is 3.26. The van der Waals surface area contributed by atoms with Gasteiger partial charge in [0, 0.05) is 6.54 Å². The zero-order valence-corrected chi connectivity index (χ0v) is 12.5. The van der Waals surface area contributed by atoms with Gasteiger partial charge in [-0.05, 0) is 39.0 Å². The lowest BCUT2D eigenvalue weighted by molar-refractivity contribution is -0.146. The van der Waals surface area contributed by atoms with Gasteiger partial charge in [-0.15, -0.1) is 0 Å². The highest BCUT2D eigenvalue weighted by molar-refractivity contribution is 7.87. The van der Waals surface area contributed by atoms with Gasteiger partial charge >= 0.3 is 5.97 Å². The summed E-state index contributed by atoms with van der Waals surface area (Å²) in [7, 11) is -3.78. The number of carbonyl (C=O) groups excluding carboxylic acids is 1. The Kier molecular flexibility index (Phi) is 4.68. The van der Waals surface area contributed by atoms with E-state index in [1.165, 1.54) is 4.31 Å². The van der Waals surface area contributed by atoms with Gasteiger partial charge < -0.3 is 9.84 Å². The van der Waals surface area contributed by atoms with Gasteiger partial charge in [-0.25, -0.2) is 0 Å². The molecule has 2 aliphatic rings. The van der Waals surface area contributed by atoms with E-state index in [9.17, 15) is 18.3 Å². The molecule has 2 fully saturated rings. The normalized spacial score (nSPS) is 26.2. The number of carbonyl (C=O) groups is 1. The Hall–Kier alpha value is -0.700. The maximum absolute atomic E-state index is 12.4. The first-order valence-electron chi connectivity index (χ1n) is 7.02. The van der Waals surface area contributed by atoms with Crippen molar-refractivity contribution in [3.05, 3.63) is 0 Å². The number of nitrogens with one attached hydrogen (secondary N) is 1. The quantitative estimate of drug-likeness (QED) is 0.661. The smallest absolute Gasteiger partial charge is 0.324 e. The molecule has 0 spiro atoms. The highest BCUT2D eigenvalue weighted by atomic mass is 32.2. The zero-order valence-electron chi connectivity index (χ0n) is 11.7. The van der Waals surface area contributed by atoms with Gasteiger partial charge in [-0.3, -0.25) is 4.79 Å². The highest BCUT2D eigenvalue weighted by Gasteiger charge is 2.45. The molecule has 0 bridgehead atoms. The fourth-order valence-electron chi connectivity index (χ4n) is 2.73. The molecule has 1 atom stereocenters. The molecule has 2 rings (SSSR count). The van der Waals surface area contributed by atoms with Gasteiger partial charge in [0.15, 0.2) is 0 Å². The Bertz CT molecular complexity index is 455. The monoisotopic (exact) mass is 306 g/mol. The van der Waals surface area contributed by atoms with Crippen LogP contribution in [0.5, 0.6) is 0 Å².